The van der Waals surface area contributed by atoms with Crippen molar-refractivity contribution in [3.63, 3.8) is 0 Å². The van der Waals surface area contributed by atoms with Crippen molar-refractivity contribution in [2.45, 2.75) is 24.9 Å². The number of hydrogen-bond donors (Lipinski definition) is 1. The number of furan rings is 1. The third kappa shape index (κ3) is 5.27. The Kier molecular flexibility index (Phi) is 6.43. The van der Waals surface area contributed by atoms with E-state index < -0.39 is 10.0 Å². The Balaban J connectivity index is 1.52. The normalized spacial score (nSPS) is 11.3. The summed E-state index contributed by atoms with van der Waals surface area (Å²) in [4.78, 5) is 17.4. The fraction of sp³-hybridized carbons (Fsp3) is 0.125. The van der Waals surface area contributed by atoms with Gasteiger partial charge in [0.05, 0.1) is 24.2 Å². The molecule has 2 aromatic heterocycles. The van der Waals surface area contributed by atoms with Crippen LogP contribution in [-0.4, -0.2) is 19.2 Å². The Morgan fingerprint density at radius 1 is 0.938 bits per heavy atom. The molecular formula is C24H22N2O4S2. The number of thiophene rings is 1. The van der Waals surface area contributed by atoms with Crippen LogP contribution in [0.5, 0.6) is 0 Å². The third-order valence-electron chi connectivity index (χ3n) is 4.79. The molecule has 1 amide bonds. The highest BCUT2D eigenvalue weighted by Crippen LogP contribution is 2.22. The molecule has 4 aromatic rings. The summed E-state index contributed by atoms with van der Waals surface area (Å²) in [5, 5.41) is 0. The van der Waals surface area contributed by atoms with Crippen LogP contribution >= 0.6 is 11.3 Å². The van der Waals surface area contributed by atoms with Gasteiger partial charge in [0.25, 0.3) is 15.9 Å². The maximum atomic E-state index is 13.3. The largest absolute Gasteiger partial charge is 0.467 e. The van der Waals surface area contributed by atoms with Crippen LogP contribution in [0.1, 0.15) is 25.9 Å². The van der Waals surface area contributed by atoms with Crippen molar-refractivity contribution in [3.05, 3.63) is 106 Å². The van der Waals surface area contributed by atoms with Crippen LogP contribution in [0.3, 0.4) is 0 Å². The number of carbonyl (C=O) groups is 1. The highest BCUT2D eigenvalue weighted by Gasteiger charge is 2.19. The minimum absolute atomic E-state index is 0.162. The number of anilines is 1. The first-order valence-electron chi connectivity index (χ1n) is 9.96. The topological polar surface area (TPSA) is 79.6 Å². The molecule has 1 N–H and O–H groups in total. The zero-order valence-corrected chi connectivity index (χ0v) is 19.0. The highest BCUT2D eigenvalue weighted by atomic mass is 32.2. The van der Waals surface area contributed by atoms with Gasteiger partial charge in [0.1, 0.15) is 5.76 Å². The average molecular weight is 467 g/mol. The maximum absolute atomic E-state index is 13.3. The Labute approximate surface area is 191 Å². The maximum Gasteiger partial charge on any atom is 0.261 e. The van der Waals surface area contributed by atoms with Gasteiger partial charge in [-0.15, -0.1) is 11.3 Å². The Morgan fingerprint density at radius 2 is 1.69 bits per heavy atom. The van der Waals surface area contributed by atoms with Gasteiger partial charge in [-0.1, -0.05) is 18.2 Å². The summed E-state index contributed by atoms with van der Waals surface area (Å²) in [6.07, 6.45) is 1.58. The van der Waals surface area contributed by atoms with Crippen molar-refractivity contribution < 1.29 is 17.6 Å². The number of nitrogens with zero attached hydrogens (tertiary/aromatic N) is 1. The molecule has 0 aliphatic carbocycles. The molecule has 8 heteroatoms. The van der Waals surface area contributed by atoms with Gasteiger partial charge >= 0.3 is 0 Å². The molecule has 0 atom stereocenters. The van der Waals surface area contributed by atoms with E-state index in [-0.39, 0.29) is 10.8 Å². The van der Waals surface area contributed by atoms with Crippen molar-refractivity contribution in [1.29, 1.82) is 0 Å². The lowest BCUT2D eigenvalue weighted by atomic mass is 10.1. The molecule has 0 radical (unpaired) electrons. The molecule has 0 aliphatic heterocycles. The summed E-state index contributed by atoms with van der Waals surface area (Å²) in [6, 6.07) is 22.2. The van der Waals surface area contributed by atoms with Crippen molar-refractivity contribution in [3.8, 4) is 0 Å². The molecule has 4 rings (SSSR count). The number of benzene rings is 2. The molecule has 0 bridgehead atoms. The number of rotatable bonds is 8. The predicted molar refractivity (Wildman–Crippen MR) is 125 cm³/mol. The third-order valence-corrected chi connectivity index (χ3v) is 7.18. The first kappa shape index (κ1) is 21.9. The molecule has 0 aliphatic rings. The van der Waals surface area contributed by atoms with E-state index in [0.29, 0.717) is 30.1 Å². The van der Waals surface area contributed by atoms with E-state index in [1.807, 2.05) is 25.1 Å². The van der Waals surface area contributed by atoms with E-state index in [4.69, 9.17) is 4.42 Å². The molecule has 2 aromatic carbocycles. The lowest BCUT2D eigenvalue weighted by molar-refractivity contribution is 0.0719. The van der Waals surface area contributed by atoms with Gasteiger partial charge in [-0.2, -0.15) is 0 Å². The van der Waals surface area contributed by atoms with Crippen LogP contribution in [0.2, 0.25) is 0 Å². The van der Waals surface area contributed by atoms with E-state index in [0.717, 1.165) is 4.88 Å². The molecule has 0 fully saturated rings. The van der Waals surface area contributed by atoms with E-state index in [1.54, 1.807) is 71.0 Å². The SMILES string of the molecule is Cc1ccc(CN(Cc2ccco2)C(=O)c2ccc(NS(=O)(=O)c3ccccc3)cc2)s1. The lowest BCUT2D eigenvalue weighted by Gasteiger charge is -2.21. The second-order valence-corrected chi connectivity index (χ2v) is 10.3. The fourth-order valence-electron chi connectivity index (χ4n) is 3.23. The zero-order valence-electron chi connectivity index (χ0n) is 17.4. The standard InChI is InChI=1S/C24H22N2O4S2/c1-18-9-14-22(31-18)17-26(16-21-6-5-15-30-21)24(27)19-10-12-20(13-11-19)25-32(28,29)23-7-3-2-4-8-23/h2-15,25H,16-17H2,1H3. The van der Waals surface area contributed by atoms with Crippen molar-refractivity contribution in [2.24, 2.45) is 0 Å². The van der Waals surface area contributed by atoms with Crippen LogP contribution < -0.4 is 4.72 Å². The first-order valence-corrected chi connectivity index (χ1v) is 12.3. The molecule has 0 saturated carbocycles. The summed E-state index contributed by atoms with van der Waals surface area (Å²) in [7, 11) is -3.69. The van der Waals surface area contributed by atoms with Crippen LogP contribution in [0.25, 0.3) is 0 Å². The molecular weight excluding hydrogens is 444 g/mol. The molecule has 164 valence electrons. The van der Waals surface area contributed by atoms with Gasteiger partial charge in [0.2, 0.25) is 0 Å². The van der Waals surface area contributed by atoms with E-state index in [2.05, 4.69) is 4.72 Å². The van der Waals surface area contributed by atoms with Crippen LogP contribution in [0, 0.1) is 6.92 Å². The summed E-state index contributed by atoms with van der Waals surface area (Å²) < 4.78 is 33.0. The molecule has 0 unspecified atom stereocenters. The first-order chi connectivity index (χ1) is 15.4. The minimum Gasteiger partial charge on any atom is -0.467 e. The Hall–Kier alpha value is -3.36. The average Bonchev–Trinajstić information content (AvgIpc) is 3.45. The van der Waals surface area contributed by atoms with Crippen molar-refractivity contribution >= 4 is 33.0 Å². The molecule has 0 saturated heterocycles. The smallest absolute Gasteiger partial charge is 0.261 e. The van der Waals surface area contributed by atoms with Gasteiger partial charge in [-0.3, -0.25) is 9.52 Å². The second kappa shape index (κ2) is 9.42. The fourth-order valence-corrected chi connectivity index (χ4v) is 5.21. The van der Waals surface area contributed by atoms with E-state index in [9.17, 15) is 13.2 Å². The van der Waals surface area contributed by atoms with Gasteiger partial charge < -0.3 is 9.32 Å². The Morgan fingerprint density at radius 3 is 2.31 bits per heavy atom. The van der Waals surface area contributed by atoms with Crippen LogP contribution in [0.15, 0.2) is 94.4 Å². The van der Waals surface area contributed by atoms with Crippen LogP contribution in [0.4, 0.5) is 5.69 Å². The quantitative estimate of drug-likeness (QED) is 0.382. The monoisotopic (exact) mass is 466 g/mol. The number of hydrogen-bond acceptors (Lipinski definition) is 5. The molecule has 2 heterocycles. The summed E-state index contributed by atoms with van der Waals surface area (Å²) in [5.41, 5.74) is 0.851. The number of sulfonamides is 1. The second-order valence-electron chi connectivity index (χ2n) is 7.25. The Bertz CT molecular complexity index is 1280. The van der Waals surface area contributed by atoms with Crippen LogP contribution in [-0.2, 0) is 23.1 Å². The van der Waals surface area contributed by atoms with Gasteiger partial charge in [-0.05, 0) is 67.6 Å². The number of amides is 1. The van der Waals surface area contributed by atoms with Crippen molar-refractivity contribution in [1.82, 2.24) is 4.90 Å². The number of aryl methyl sites for hydroxylation is 1. The lowest BCUT2D eigenvalue weighted by Crippen LogP contribution is -2.29. The molecule has 0 spiro atoms. The van der Waals surface area contributed by atoms with E-state index in [1.165, 1.54) is 17.0 Å². The summed E-state index contributed by atoms with van der Waals surface area (Å²) in [5.74, 6) is 0.531. The zero-order chi connectivity index (χ0) is 22.6. The predicted octanol–water partition coefficient (Wildman–Crippen LogP) is 5.29. The summed E-state index contributed by atoms with van der Waals surface area (Å²) in [6.45, 7) is 2.83. The summed E-state index contributed by atoms with van der Waals surface area (Å²) >= 11 is 1.65. The molecule has 6 nitrogen and oxygen atoms in total. The van der Waals surface area contributed by atoms with Crippen molar-refractivity contribution in [2.75, 3.05) is 4.72 Å². The van der Waals surface area contributed by atoms with Gasteiger partial charge in [-0.25, -0.2) is 8.42 Å². The minimum atomic E-state index is -3.69. The van der Waals surface area contributed by atoms with Gasteiger partial charge in [0.15, 0.2) is 0 Å². The van der Waals surface area contributed by atoms with E-state index >= 15 is 0 Å². The highest BCUT2D eigenvalue weighted by molar-refractivity contribution is 7.92. The molecule has 32 heavy (non-hydrogen) atoms. The number of carbonyl (C=O) groups excluding carboxylic acids is 1. The number of nitrogens with one attached hydrogen (secondary N) is 1. The van der Waals surface area contributed by atoms with Gasteiger partial charge in [0, 0.05) is 21.0 Å².